The summed E-state index contributed by atoms with van der Waals surface area (Å²) in [7, 11) is 0. The third-order valence-electron chi connectivity index (χ3n) is 4.35. The van der Waals surface area contributed by atoms with Gasteiger partial charge in [0.05, 0.1) is 12.1 Å². The minimum absolute atomic E-state index is 0.0911. The van der Waals surface area contributed by atoms with Crippen LogP contribution in [0.1, 0.15) is 23.2 Å². The average Bonchev–Trinajstić information content (AvgIpc) is 3.14. The van der Waals surface area contributed by atoms with Crippen molar-refractivity contribution in [3.63, 3.8) is 0 Å². The molecule has 0 aliphatic rings. The quantitative estimate of drug-likeness (QED) is 0.643. The number of rotatable bonds is 8. The van der Waals surface area contributed by atoms with E-state index in [0.29, 0.717) is 26.1 Å². The summed E-state index contributed by atoms with van der Waals surface area (Å²) in [4.78, 5) is 19.4. The van der Waals surface area contributed by atoms with Crippen LogP contribution in [0.4, 0.5) is 0 Å². The Kier molecular flexibility index (Phi) is 6.74. The molecule has 0 aliphatic carbocycles. The van der Waals surface area contributed by atoms with E-state index >= 15 is 0 Å². The topological polar surface area (TPSA) is 59.2 Å². The highest BCUT2D eigenvalue weighted by Gasteiger charge is 2.16. The molecule has 2 aromatic carbocycles. The van der Waals surface area contributed by atoms with E-state index in [1.165, 1.54) is 5.56 Å². The molecular weight excluding hydrogens is 354 g/mol. The largest absolute Gasteiger partial charge is 0.338 e. The summed E-state index contributed by atoms with van der Waals surface area (Å²) >= 11 is 1.59. The monoisotopic (exact) mass is 379 g/mol. The van der Waals surface area contributed by atoms with Gasteiger partial charge in [0.2, 0.25) is 5.91 Å². The first-order valence-electron chi connectivity index (χ1n) is 9.19. The number of carbonyl (C=O) groups excluding carboxylic acids is 1. The number of aromatic nitrogens is 1. The van der Waals surface area contributed by atoms with Crippen LogP contribution in [0.15, 0.2) is 60.0 Å². The van der Waals surface area contributed by atoms with Crippen molar-refractivity contribution in [2.24, 2.45) is 5.73 Å². The van der Waals surface area contributed by atoms with Gasteiger partial charge in [-0.2, -0.15) is 0 Å². The molecule has 0 saturated carbocycles. The summed E-state index contributed by atoms with van der Waals surface area (Å²) in [5.41, 5.74) is 9.91. The minimum Gasteiger partial charge on any atom is -0.338 e. The van der Waals surface area contributed by atoms with Gasteiger partial charge in [0.15, 0.2) is 0 Å². The maximum atomic E-state index is 12.9. The molecule has 0 unspecified atom stereocenters. The van der Waals surface area contributed by atoms with E-state index in [1.54, 1.807) is 11.3 Å². The smallest absolute Gasteiger partial charge is 0.228 e. The number of aryl methyl sites for hydroxylation is 1. The summed E-state index contributed by atoms with van der Waals surface area (Å²) in [5, 5.41) is 2.94. The highest BCUT2D eigenvalue weighted by atomic mass is 32.1. The molecule has 0 saturated heterocycles. The van der Waals surface area contributed by atoms with E-state index in [-0.39, 0.29) is 5.91 Å². The minimum atomic E-state index is 0.0911. The maximum absolute atomic E-state index is 12.9. The van der Waals surface area contributed by atoms with E-state index in [4.69, 9.17) is 5.73 Å². The number of amides is 1. The Morgan fingerprint density at radius 3 is 2.70 bits per heavy atom. The zero-order valence-corrected chi connectivity index (χ0v) is 16.4. The maximum Gasteiger partial charge on any atom is 0.228 e. The second-order valence-electron chi connectivity index (χ2n) is 6.63. The lowest BCUT2D eigenvalue weighted by molar-refractivity contribution is -0.131. The Labute approximate surface area is 164 Å². The Bertz CT molecular complexity index is 876. The molecule has 3 aromatic rings. The van der Waals surface area contributed by atoms with Gasteiger partial charge in [-0.25, -0.2) is 4.98 Å². The fraction of sp³-hybridized carbons (Fsp3) is 0.273. The van der Waals surface area contributed by atoms with E-state index in [0.717, 1.165) is 28.2 Å². The molecule has 0 atom stereocenters. The second-order valence-corrected chi connectivity index (χ2v) is 7.49. The van der Waals surface area contributed by atoms with Gasteiger partial charge >= 0.3 is 0 Å². The molecule has 1 amide bonds. The van der Waals surface area contributed by atoms with Gasteiger partial charge in [-0.05, 0) is 31.5 Å². The molecule has 5 heteroatoms. The molecule has 3 rings (SSSR count). The average molecular weight is 380 g/mol. The molecule has 27 heavy (non-hydrogen) atoms. The van der Waals surface area contributed by atoms with Crippen LogP contribution in [0, 0.1) is 6.92 Å². The van der Waals surface area contributed by atoms with Crippen molar-refractivity contribution in [1.29, 1.82) is 0 Å². The van der Waals surface area contributed by atoms with E-state index < -0.39 is 0 Å². The molecule has 0 aliphatic heterocycles. The number of hydrogen-bond donors (Lipinski definition) is 1. The zero-order valence-electron chi connectivity index (χ0n) is 15.6. The Hall–Kier alpha value is -2.50. The van der Waals surface area contributed by atoms with E-state index in [9.17, 15) is 4.79 Å². The first kappa shape index (κ1) is 19.3. The molecule has 0 fully saturated rings. The summed E-state index contributed by atoms with van der Waals surface area (Å²) in [5.74, 6) is 0.0911. The fourth-order valence-electron chi connectivity index (χ4n) is 2.94. The third-order valence-corrected chi connectivity index (χ3v) is 5.29. The van der Waals surface area contributed by atoms with Crippen LogP contribution in [0.5, 0.6) is 0 Å². The van der Waals surface area contributed by atoms with Crippen molar-refractivity contribution in [2.45, 2.75) is 26.3 Å². The van der Waals surface area contributed by atoms with Gasteiger partial charge in [-0.15, -0.1) is 11.3 Å². The van der Waals surface area contributed by atoms with Crippen LogP contribution in [-0.4, -0.2) is 28.9 Å². The number of nitrogens with zero attached hydrogens (tertiary/aromatic N) is 2. The first-order chi connectivity index (χ1) is 13.2. The number of benzene rings is 2. The molecule has 1 aromatic heterocycles. The zero-order chi connectivity index (χ0) is 19.1. The molecular formula is C22H25N3OS. The number of nitrogens with two attached hydrogens (primary N) is 1. The van der Waals surface area contributed by atoms with E-state index in [2.05, 4.69) is 30.1 Å². The van der Waals surface area contributed by atoms with Crippen molar-refractivity contribution in [3.05, 3.63) is 76.8 Å². The van der Waals surface area contributed by atoms with Crippen LogP contribution in [-0.2, 0) is 17.8 Å². The van der Waals surface area contributed by atoms with Crippen molar-refractivity contribution < 1.29 is 4.79 Å². The standard InChI is InChI=1S/C22H25N3OS/c1-17-7-5-10-19(13-17)22-24-20(16-27-22)14-21(26)25(12-6-11-23)15-18-8-3-2-4-9-18/h2-5,7-10,13,16H,6,11-12,14-15,23H2,1H3. The number of carbonyl (C=O) groups is 1. The number of thiazole rings is 1. The molecule has 1 heterocycles. The van der Waals surface area contributed by atoms with Crippen LogP contribution >= 0.6 is 11.3 Å². The van der Waals surface area contributed by atoms with Crippen LogP contribution in [0.25, 0.3) is 10.6 Å². The third kappa shape index (κ3) is 5.49. The Balaban J connectivity index is 1.69. The molecule has 0 bridgehead atoms. The van der Waals surface area contributed by atoms with Gasteiger partial charge in [0.25, 0.3) is 0 Å². The first-order valence-corrected chi connectivity index (χ1v) is 10.1. The highest BCUT2D eigenvalue weighted by molar-refractivity contribution is 7.13. The normalized spacial score (nSPS) is 10.7. The van der Waals surface area contributed by atoms with Crippen LogP contribution < -0.4 is 5.73 Å². The number of hydrogen-bond acceptors (Lipinski definition) is 4. The predicted molar refractivity (Wildman–Crippen MR) is 112 cm³/mol. The summed E-state index contributed by atoms with van der Waals surface area (Å²) in [6.45, 7) is 3.92. The second kappa shape index (κ2) is 9.44. The lowest BCUT2D eigenvalue weighted by Crippen LogP contribution is -2.33. The molecule has 4 nitrogen and oxygen atoms in total. The van der Waals surface area contributed by atoms with Gasteiger partial charge in [0, 0.05) is 24.0 Å². The SMILES string of the molecule is Cc1cccc(-c2nc(CC(=O)N(CCCN)Cc3ccccc3)cs2)c1. The van der Waals surface area contributed by atoms with Crippen molar-refractivity contribution in [2.75, 3.05) is 13.1 Å². The van der Waals surface area contributed by atoms with Gasteiger partial charge in [-0.1, -0.05) is 54.1 Å². The lowest BCUT2D eigenvalue weighted by atomic mass is 10.1. The Morgan fingerprint density at radius 1 is 1.15 bits per heavy atom. The van der Waals surface area contributed by atoms with Gasteiger partial charge in [-0.3, -0.25) is 4.79 Å². The predicted octanol–water partition coefficient (Wildman–Crippen LogP) is 4.04. The molecule has 0 radical (unpaired) electrons. The van der Waals surface area contributed by atoms with Gasteiger partial charge < -0.3 is 10.6 Å². The summed E-state index contributed by atoms with van der Waals surface area (Å²) < 4.78 is 0. The van der Waals surface area contributed by atoms with Crippen molar-refractivity contribution >= 4 is 17.2 Å². The summed E-state index contributed by atoms with van der Waals surface area (Å²) in [6.07, 6.45) is 1.11. The molecule has 0 spiro atoms. The van der Waals surface area contributed by atoms with Gasteiger partial charge in [0.1, 0.15) is 5.01 Å². The lowest BCUT2D eigenvalue weighted by Gasteiger charge is -2.22. The summed E-state index contributed by atoms with van der Waals surface area (Å²) in [6, 6.07) is 18.3. The van der Waals surface area contributed by atoms with E-state index in [1.807, 2.05) is 46.7 Å². The molecule has 2 N–H and O–H groups in total. The fourth-order valence-corrected chi connectivity index (χ4v) is 3.76. The Morgan fingerprint density at radius 2 is 1.96 bits per heavy atom. The van der Waals surface area contributed by atoms with Crippen LogP contribution in [0.2, 0.25) is 0 Å². The van der Waals surface area contributed by atoms with Crippen molar-refractivity contribution in [3.8, 4) is 10.6 Å². The highest BCUT2D eigenvalue weighted by Crippen LogP contribution is 2.25. The molecule has 140 valence electrons. The van der Waals surface area contributed by atoms with Crippen LogP contribution in [0.3, 0.4) is 0 Å². The van der Waals surface area contributed by atoms with Crippen molar-refractivity contribution in [1.82, 2.24) is 9.88 Å².